The SMILES string of the molecule is CCCC[B-](c1cccc(C)c1C)(c1cccc(C)c1C)c1cccc(C)c1C.c1ccc(C[P+](c2ccccc2)(c2ccccc2)c2ccccc2)cc1. The van der Waals surface area contributed by atoms with Crippen LogP contribution in [-0.2, 0) is 6.16 Å². The van der Waals surface area contributed by atoms with Crippen LogP contribution in [0.15, 0.2) is 176 Å². The zero-order valence-corrected chi connectivity index (χ0v) is 35.0. The summed E-state index contributed by atoms with van der Waals surface area (Å²) >= 11 is 0. The summed E-state index contributed by atoms with van der Waals surface area (Å²) < 4.78 is 0. The van der Waals surface area contributed by atoms with Crippen LogP contribution in [-0.4, -0.2) is 6.15 Å². The van der Waals surface area contributed by atoms with Crippen molar-refractivity contribution >= 4 is 45.7 Å². The summed E-state index contributed by atoms with van der Waals surface area (Å²) in [5.74, 6) is 0. The summed E-state index contributed by atoms with van der Waals surface area (Å²) in [5.41, 5.74) is 14.5. The molecule has 0 N–H and O–H groups in total. The lowest BCUT2D eigenvalue weighted by Gasteiger charge is -2.47. The fourth-order valence-electron chi connectivity index (χ4n) is 9.03. The van der Waals surface area contributed by atoms with E-state index in [1.807, 2.05) is 0 Å². The molecule has 0 heterocycles. The van der Waals surface area contributed by atoms with Gasteiger partial charge in [-0.05, 0) is 83.5 Å². The molecule has 278 valence electrons. The third-order valence-corrected chi connectivity index (χ3v) is 16.8. The molecular weight excluding hydrogens is 678 g/mol. The van der Waals surface area contributed by atoms with Gasteiger partial charge in [-0.3, -0.25) is 0 Å². The molecule has 7 aromatic rings. The maximum Gasteiger partial charge on any atom is 0.116 e. The van der Waals surface area contributed by atoms with Gasteiger partial charge in [-0.2, -0.15) is 22.7 Å². The minimum Gasteiger partial charge on any atom is -0.197 e. The van der Waals surface area contributed by atoms with Gasteiger partial charge in [0.2, 0.25) is 0 Å². The molecule has 0 saturated heterocycles. The van der Waals surface area contributed by atoms with E-state index in [1.54, 1.807) is 0 Å². The average Bonchev–Trinajstić information content (AvgIpc) is 3.23. The van der Waals surface area contributed by atoms with Gasteiger partial charge < -0.3 is 0 Å². The van der Waals surface area contributed by atoms with Crippen molar-refractivity contribution in [3.05, 3.63) is 215 Å². The first-order valence-electron chi connectivity index (χ1n) is 20.2. The summed E-state index contributed by atoms with van der Waals surface area (Å²) in [5, 5.41) is 4.30. The summed E-state index contributed by atoms with van der Waals surface area (Å²) in [4.78, 5) is 0. The smallest absolute Gasteiger partial charge is 0.116 e. The first-order chi connectivity index (χ1) is 26.7. The first-order valence-corrected chi connectivity index (χ1v) is 22.2. The number of unbranched alkanes of at least 4 members (excludes halogenated alkanes) is 1. The number of aryl methyl sites for hydroxylation is 3. The van der Waals surface area contributed by atoms with Crippen LogP contribution in [0.1, 0.15) is 58.7 Å². The van der Waals surface area contributed by atoms with Crippen molar-refractivity contribution < 1.29 is 0 Å². The summed E-state index contributed by atoms with van der Waals surface area (Å²) in [7, 11) is -1.78. The third-order valence-electron chi connectivity index (χ3n) is 12.4. The minimum absolute atomic E-state index is 1.03. The van der Waals surface area contributed by atoms with E-state index in [-0.39, 0.29) is 0 Å². The lowest BCUT2D eigenvalue weighted by Crippen LogP contribution is -2.69. The Morgan fingerprint density at radius 3 is 1.04 bits per heavy atom. The zero-order valence-electron chi connectivity index (χ0n) is 34.1. The molecule has 7 rings (SSSR count). The molecule has 0 radical (unpaired) electrons. The highest BCUT2D eigenvalue weighted by molar-refractivity contribution is 7.95. The summed E-state index contributed by atoms with van der Waals surface area (Å²) in [6.07, 6.45) is 3.62. The Labute approximate surface area is 333 Å². The van der Waals surface area contributed by atoms with E-state index in [2.05, 4.69) is 224 Å². The second-order valence-corrected chi connectivity index (χ2v) is 19.0. The lowest BCUT2D eigenvalue weighted by molar-refractivity contribution is 0.873. The van der Waals surface area contributed by atoms with E-state index in [1.165, 1.54) is 90.4 Å². The monoisotopic (exact) mass is 736 g/mol. The molecule has 0 amide bonds. The van der Waals surface area contributed by atoms with Gasteiger partial charge in [0.05, 0.1) is 12.3 Å². The quantitative estimate of drug-likeness (QED) is 0.0916. The van der Waals surface area contributed by atoms with E-state index < -0.39 is 13.4 Å². The van der Waals surface area contributed by atoms with Gasteiger partial charge in [-0.15, -0.1) is 0 Å². The van der Waals surface area contributed by atoms with Crippen LogP contribution >= 0.6 is 7.26 Å². The van der Waals surface area contributed by atoms with Crippen molar-refractivity contribution in [2.75, 3.05) is 0 Å². The van der Waals surface area contributed by atoms with Crippen LogP contribution in [0.5, 0.6) is 0 Å². The van der Waals surface area contributed by atoms with Gasteiger partial charge in [-0.25, -0.2) is 0 Å². The van der Waals surface area contributed by atoms with Crippen LogP contribution < -0.4 is 32.3 Å². The molecule has 0 aliphatic heterocycles. The van der Waals surface area contributed by atoms with Crippen LogP contribution in [0, 0.1) is 41.5 Å². The van der Waals surface area contributed by atoms with E-state index >= 15 is 0 Å². The Bertz CT molecular complexity index is 2060. The highest BCUT2D eigenvalue weighted by Crippen LogP contribution is 2.58. The highest BCUT2D eigenvalue weighted by atomic mass is 31.2. The van der Waals surface area contributed by atoms with Gasteiger partial charge in [0.25, 0.3) is 0 Å². The van der Waals surface area contributed by atoms with Crippen LogP contribution in [0.3, 0.4) is 0 Å². The number of rotatable bonds is 11. The Balaban J connectivity index is 0.000000188. The molecule has 0 saturated carbocycles. The van der Waals surface area contributed by atoms with E-state index in [9.17, 15) is 0 Å². The van der Waals surface area contributed by atoms with Gasteiger partial charge in [-0.1, -0.05) is 193 Å². The molecule has 0 nitrogen and oxygen atoms in total. The number of benzene rings is 7. The Morgan fingerprint density at radius 2 is 0.709 bits per heavy atom. The average molecular weight is 737 g/mol. The van der Waals surface area contributed by atoms with Gasteiger partial charge in [0.1, 0.15) is 23.2 Å². The van der Waals surface area contributed by atoms with Gasteiger partial charge in [0, 0.05) is 0 Å². The fraction of sp³-hybridized carbons (Fsp3) is 0.208. The molecule has 0 atom stereocenters. The van der Waals surface area contributed by atoms with Gasteiger partial charge >= 0.3 is 0 Å². The van der Waals surface area contributed by atoms with E-state index in [4.69, 9.17) is 0 Å². The molecular formula is C53H58BP. The summed E-state index contributed by atoms with van der Waals surface area (Å²) in [6, 6.07) is 64.8. The predicted molar refractivity (Wildman–Crippen MR) is 247 cm³/mol. The molecule has 0 spiro atoms. The molecule has 0 unspecified atom stereocenters. The van der Waals surface area contributed by atoms with E-state index in [0.717, 1.165) is 6.16 Å². The van der Waals surface area contributed by atoms with Crippen molar-refractivity contribution in [1.29, 1.82) is 0 Å². The van der Waals surface area contributed by atoms with E-state index in [0.29, 0.717) is 0 Å². The maximum absolute atomic E-state index is 2.40. The Kier molecular flexibility index (Phi) is 13.1. The molecule has 2 heteroatoms. The summed E-state index contributed by atoms with van der Waals surface area (Å²) in [6.45, 7) is 16.1. The Morgan fingerprint density at radius 1 is 0.382 bits per heavy atom. The molecule has 0 aromatic heterocycles. The lowest BCUT2D eigenvalue weighted by atomic mass is 9.12. The van der Waals surface area contributed by atoms with Crippen molar-refractivity contribution in [3.63, 3.8) is 0 Å². The molecule has 55 heavy (non-hydrogen) atoms. The maximum atomic E-state index is 2.40. The second-order valence-electron chi connectivity index (χ2n) is 15.5. The van der Waals surface area contributed by atoms with Crippen LogP contribution in [0.2, 0.25) is 6.32 Å². The molecule has 0 aliphatic carbocycles. The molecule has 7 aromatic carbocycles. The predicted octanol–water partition coefficient (Wildman–Crippen LogP) is 11.0. The largest absolute Gasteiger partial charge is 0.197 e. The Hall–Kier alpha value is -4.97. The van der Waals surface area contributed by atoms with Crippen molar-refractivity contribution in [2.45, 2.75) is 73.8 Å². The fourth-order valence-corrected chi connectivity index (χ4v) is 13.3. The van der Waals surface area contributed by atoms with Crippen LogP contribution in [0.25, 0.3) is 0 Å². The van der Waals surface area contributed by atoms with Gasteiger partial charge in [0.15, 0.2) is 0 Å². The number of hydrogen-bond donors (Lipinski definition) is 0. The van der Waals surface area contributed by atoms with Crippen LogP contribution in [0.4, 0.5) is 0 Å². The highest BCUT2D eigenvalue weighted by Gasteiger charge is 2.45. The van der Waals surface area contributed by atoms with Crippen molar-refractivity contribution in [3.8, 4) is 0 Å². The first kappa shape index (κ1) is 39.7. The zero-order chi connectivity index (χ0) is 38.8. The number of hydrogen-bond acceptors (Lipinski definition) is 0. The molecule has 0 fully saturated rings. The molecule has 0 bridgehead atoms. The standard InChI is InChI=1S/C28H36B.C25H22P/c1-8-9-19-29(26-16-10-13-20(2)23(26)5,27-17-11-14-21(3)24(27)6)28-18-12-15-22(4)25(28)7;1-5-13-22(14-6-1)21-26(23-15-7-2-8-16-23,24-17-9-3-10-18-24)25-19-11-4-12-20-25/h10-18H,8-9,19H2,1-7H3;1-20H,21H2/q-1;+1. The minimum atomic E-state index is -1.78. The topological polar surface area (TPSA) is 0 Å². The third kappa shape index (κ3) is 8.20. The second kappa shape index (κ2) is 18.1. The van der Waals surface area contributed by atoms with Crippen molar-refractivity contribution in [1.82, 2.24) is 0 Å². The molecule has 0 aliphatic rings. The van der Waals surface area contributed by atoms with Crippen molar-refractivity contribution in [2.24, 2.45) is 0 Å². The normalized spacial score (nSPS) is 11.5.